The van der Waals surface area contributed by atoms with E-state index in [2.05, 4.69) is 20.6 Å². The number of rotatable bonds is 5. The topological polar surface area (TPSA) is 116 Å². The summed E-state index contributed by atoms with van der Waals surface area (Å²) in [6, 6.07) is 8.49. The number of amides is 2. The molecule has 1 aliphatic carbocycles. The molecule has 3 N–H and O–H groups in total. The summed E-state index contributed by atoms with van der Waals surface area (Å²) in [7, 11) is 0. The molecule has 0 radical (unpaired) electrons. The predicted molar refractivity (Wildman–Crippen MR) is 105 cm³/mol. The number of nitrogens with zero attached hydrogens (tertiary/aromatic N) is 4. The quantitative estimate of drug-likeness (QED) is 0.708. The highest BCUT2D eigenvalue weighted by atomic mass is 16.2. The maximum absolute atomic E-state index is 12.7. The summed E-state index contributed by atoms with van der Waals surface area (Å²) in [5, 5.41) is 11.7. The number of carbonyl (C=O) groups excluding carboxylic acids is 2. The van der Waals surface area contributed by atoms with Gasteiger partial charge in [-0.1, -0.05) is 36.3 Å². The van der Waals surface area contributed by atoms with Crippen molar-refractivity contribution < 1.29 is 9.59 Å². The normalized spacial score (nSPS) is 14.5. The molecule has 144 valence electrons. The van der Waals surface area contributed by atoms with E-state index in [9.17, 15) is 9.59 Å². The van der Waals surface area contributed by atoms with Crippen molar-refractivity contribution in [3.8, 4) is 0 Å². The lowest BCUT2D eigenvalue weighted by atomic mass is 10.1. The number of nitrogens with one attached hydrogen (secondary N) is 1. The molecule has 1 saturated carbocycles. The summed E-state index contributed by atoms with van der Waals surface area (Å²) in [5.41, 5.74) is 7.19. The zero-order valence-electron chi connectivity index (χ0n) is 15.7. The second-order valence-corrected chi connectivity index (χ2v) is 7.25. The Morgan fingerprint density at radius 3 is 2.75 bits per heavy atom. The fraction of sp³-hybridized carbons (Fsp3) is 0.350. The number of hydrogen-bond acceptors (Lipinski definition) is 5. The summed E-state index contributed by atoms with van der Waals surface area (Å²) < 4.78 is 1.84. The minimum Gasteiger partial charge on any atom is -0.366 e. The molecule has 1 aromatic carbocycles. The van der Waals surface area contributed by atoms with Crippen molar-refractivity contribution in [2.45, 2.75) is 39.2 Å². The van der Waals surface area contributed by atoms with Gasteiger partial charge in [-0.25, -0.2) is 9.67 Å². The monoisotopic (exact) mass is 378 g/mol. The highest BCUT2D eigenvalue weighted by molar-refractivity contribution is 6.10. The second-order valence-electron chi connectivity index (χ2n) is 7.25. The van der Waals surface area contributed by atoms with E-state index in [0.717, 1.165) is 12.2 Å². The lowest BCUT2D eigenvalue weighted by Crippen LogP contribution is -2.18. The minimum absolute atomic E-state index is 0.109. The van der Waals surface area contributed by atoms with Crippen LogP contribution in [0.4, 0.5) is 5.82 Å². The van der Waals surface area contributed by atoms with Gasteiger partial charge >= 0.3 is 0 Å². The fourth-order valence-electron chi connectivity index (χ4n) is 3.75. The van der Waals surface area contributed by atoms with E-state index in [0.29, 0.717) is 22.6 Å². The second kappa shape index (κ2) is 7.38. The van der Waals surface area contributed by atoms with Gasteiger partial charge in [0.2, 0.25) is 5.91 Å². The summed E-state index contributed by atoms with van der Waals surface area (Å²) in [6.45, 7) is 2.70. The number of nitrogens with two attached hydrogens (primary N) is 1. The maximum Gasteiger partial charge on any atom is 0.275 e. The molecular weight excluding hydrogens is 356 g/mol. The molecule has 0 aliphatic heterocycles. The van der Waals surface area contributed by atoms with Crippen molar-refractivity contribution >= 4 is 28.5 Å². The number of pyridine rings is 1. The fourth-order valence-corrected chi connectivity index (χ4v) is 3.75. The molecular formula is C20H22N6O2. The molecule has 28 heavy (non-hydrogen) atoms. The van der Waals surface area contributed by atoms with Crippen LogP contribution in [0.3, 0.4) is 0 Å². The Labute approximate surface area is 162 Å². The van der Waals surface area contributed by atoms with Gasteiger partial charge in [0.1, 0.15) is 5.69 Å². The van der Waals surface area contributed by atoms with E-state index in [1.54, 1.807) is 24.3 Å². The van der Waals surface area contributed by atoms with Crippen molar-refractivity contribution in [2.24, 2.45) is 11.7 Å². The number of primary amides is 1. The smallest absolute Gasteiger partial charge is 0.275 e. The lowest BCUT2D eigenvalue weighted by molar-refractivity contribution is 0.100. The first kappa shape index (κ1) is 18.1. The highest BCUT2D eigenvalue weighted by Gasteiger charge is 2.20. The van der Waals surface area contributed by atoms with Gasteiger partial charge in [-0.15, -0.1) is 5.10 Å². The number of aromatic nitrogens is 4. The van der Waals surface area contributed by atoms with Crippen LogP contribution in [0, 0.1) is 12.8 Å². The Balaban J connectivity index is 1.59. The third-order valence-electron chi connectivity index (χ3n) is 5.33. The van der Waals surface area contributed by atoms with E-state index in [4.69, 9.17) is 5.73 Å². The molecule has 3 aromatic rings. The first-order chi connectivity index (χ1) is 13.5. The summed E-state index contributed by atoms with van der Waals surface area (Å²) in [6.07, 6.45) is 4.94. The van der Waals surface area contributed by atoms with Crippen LogP contribution in [-0.4, -0.2) is 31.8 Å². The van der Waals surface area contributed by atoms with Crippen molar-refractivity contribution in [1.29, 1.82) is 0 Å². The third-order valence-corrected chi connectivity index (χ3v) is 5.33. The molecule has 0 saturated heterocycles. The summed E-state index contributed by atoms with van der Waals surface area (Å²) in [5.74, 6) is -0.0431. The Morgan fingerprint density at radius 1 is 1.25 bits per heavy atom. The van der Waals surface area contributed by atoms with Gasteiger partial charge in [0.05, 0.1) is 16.8 Å². The Bertz CT molecular complexity index is 1050. The first-order valence-electron chi connectivity index (χ1n) is 9.44. The molecule has 1 fully saturated rings. The van der Waals surface area contributed by atoms with Gasteiger partial charge in [-0.3, -0.25) is 9.59 Å². The van der Waals surface area contributed by atoms with E-state index in [-0.39, 0.29) is 11.3 Å². The van der Waals surface area contributed by atoms with Gasteiger partial charge < -0.3 is 11.1 Å². The van der Waals surface area contributed by atoms with Crippen molar-refractivity contribution in [3.05, 3.63) is 47.3 Å². The molecule has 2 aromatic heterocycles. The van der Waals surface area contributed by atoms with Crippen LogP contribution < -0.4 is 11.1 Å². The van der Waals surface area contributed by atoms with Crippen LogP contribution >= 0.6 is 0 Å². The highest BCUT2D eigenvalue weighted by Crippen LogP contribution is 2.27. The lowest BCUT2D eigenvalue weighted by Gasteiger charge is -2.10. The Hall–Kier alpha value is -3.29. The van der Waals surface area contributed by atoms with Gasteiger partial charge in [0.15, 0.2) is 5.82 Å². The molecule has 0 atom stereocenters. The largest absolute Gasteiger partial charge is 0.366 e. The van der Waals surface area contributed by atoms with Gasteiger partial charge in [0.25, 0.3) is 5.91 Å². The summed E-state index contributed by atoms with van der Waals surface area (Å²) >= 11 is 0. The molecule has 4 rings (SSSR count). The number of carbonyl (C=O) groups is 2. The molecule has 0 spiro atoms. The zero-order chi connectivity index (χ0) is 19.7. The van der Waals surface area contributed by atoms with Gasteiger partial charge in [0, 0.05) is 11.9 Å². The number of fused-ring (bicyclic) bond motifs is 1. The average Bonchev–Trinajstić information content (AvgIpc) is 3.32. The standard InChI is InChI=1S/C20H22N6O2/c1-12-19(24-25-26(12)11-13-6-2-3-7-13)23-20(28)17-10-15(18(21)27)14-8-4-5-9-16(14)22-17/h4-5,8-10,13H,2-3,6-7,11H2,1H3,(H2,21,27)(H,23,28). The number of anilines is 1. The van der Waals surface area contributed by atoms with Gasteiger partial charge in [-0.05, 0) is 37.8 Å². The number of benzene rings is 1. The van der Waals surface area contributed by atoms with E-state index >= 15 is 0 Å². The zero-order valence-corrected chi connectivity index (χ0v) is 15.7. The molecule has 1 aliphatic rings. The minimum atomic E-state index is -0.605. The molecule has 2 amide bonds. The van der Waals surface area contributed by atoms with Crippen LogP contribution in [0.15, 0.2) is 30.3 Å². The van der Waals surface area contributed by atoms with Crippen molar-refractivity contribution in [1.82, 2.24) is 20.0 Å². The summed E-state index contributed by atoms with van der Waals surface area (Å²) in [4.78, 5) is 28.9. The van der Waals surface area contributed by atoms with Crippen LogP contribution in [0.5, 0.6) is 0 Å². The maximum atomic E-state index is 12.7. The van der Waals surface area contributed by atoms with Crippen LogP contribution in [0.25, 0.3) is 10.9 Å². The molecule has 0 bridgehead atoms. The first-order valence-corrected chi connectivity index (χ1v) is 9.44. The average molecular weight is 378 g/mol. The van der Waals surface area contributed by atoms with Crippen molar-refractivity contribution in [3.63, 3.8) is 0 Å². The van der Waals surface area contributed by atoms with E-state index in [1.807, 2.05) is 11.6 Å². The Morgan fingerprint density at radius 2 is 2.00 bits per heavy atom. The molecule has 8 heteroatoms. The van der Waals surface area contributed by atoms with Crippen LogP contribution in [0.2, 0.25) is 0 Å². The number of para-hydroxylation sites is 1. The molecule has 8 nitrogen and oxygen atoms in total. The van der Waals surface area contributed by atoms with Crippen LogP contribution in [-0.2, 0) is 6.54 Å². The third kappa shape index (κ3) is 3.45. The number of hydrogen-bond donors (Lipinski definition) is 2. The SMILES string of the molecule is Cc1c(NC(=O)c2cc(C(N)=O)c3ccccc3n2)nnn1CC1CCCC1. The molecule has 0 unspecified atom stereocenters. The van der Waals surface area contributed by atoms with Crippen molar-refractivity contribution in [2.75, 3.05) is 5.32 Å². The van der Waals surface area contributed by atoms with E-state index in [1.165, 1.54) is 31.7 Å². The predicted octanol–water partition coefficient (Wildman–Crippen LogP) is 2.68. The van der Waals surface area contributed by atoms with Crippen LogP contribution in [0.1, 0.15) is 52.2 Å². The van der Waals surface area contributed by atoms with E-state index < -0.39 is 11.8 Å². The molecule has 2 heterocycles. The Kier molecular flexibility index (Phi) is 4.77. The van der Waals surface area contributed by atoms with Gasteiger partial charge in [-0.2, -0.15) is 0 Å².